The zero-order chi connectivity index (χ0) is 24.2. The molecule has 0 aliphatic rings. The Balaban J connectivity index is 1.86. The minimum atomic E-state index is -1.05. The van der Waals surface area contributed by atoms with Crippen LogP contribution in [0, 0.1) is 11.8 Å². The second-order valence-corrected chi connectivity index (χ2v) is 7.46. The van der Waals surface area contributed by atoms with Crippen molar-refractivity contribution < 1.29 is 19.4 Å². The van der Waals surface area contributed by atoms with Gasteiger partial charge < -0.3 is 26.0 Å². The van der Waals surface area contributed by atoms with Crippen molar-refractivity contribution in [1.29, 1.82) is 0 Å². The molecule has 170 valence electrons. The molecular formula is C26H22N4O4. The molecule has 0 spiro atoms. The fourth-order valence-corrected chi connectivity index (χ4v) is 3.72. The average Bonchev–Trinajstić information content (AvgIpc) is 2.83. The molecule has 0 fully saturated rings. The molecule has 1 aromatic heterocycles. The van der Waals surface area contributed by atoms with Gasteiger partial charge in [0.1, 0.15) is 5.82 Å². The van der Waals surface area contributed by atoms with Gasteiger partial charge in [-0.25, -0.2) is 9.78 Å². The first-order chi connectivity index (χ1) is 16.4. The van der Waals surface area contributed by atoms with Crippen LogP contribution in [0.2, 0.25) is 0 Å². The molecule has 0 saturated carbocycles. The van der Waals surface area contributed by atoms with E-state index in [9.17, 15) is 9.90 Å². The molecule has 0 atom stereocenters. The number of nitrogens with two attached hydrogens (primary N) is 2. The molecule has 0 bridgehead atoms. The lowest BCUT2D eigenvalue weighted by Crippen LogP contribution is -2.04. The van der Waals surface area contributed by atoms with Gasteiger partial charge in [0, 0.05) is 23.7 Å². The highest BCUT2D eigenvalue weighted by molar-refractivity contribution is 6.00. The molecular weight excluding hydrogens is 432 g/mol. The summed E-state index contributed by atoms with van der Waals surface area (Å²) in [5, 5.41) is 11.4. The molecule has 5 N–H and O–H groups in total. The van der Waals surface area contributed by atoms with E-state index in [1.165, 1.54) is 14.2 Å². The largest absolute Gasteiger partial charge is 0.493 e. The van der Waals surface area contributed by atoms with E-state index in [4.69, 9.17) is 20.9 Å². The van der Waals surface area contributed by atoms with Crippen LogP contribution in [0.1, 0.15) is 32.6 Å². The molecule has 0 unspecified atom stereocenters. The highest BCUT2D eigenvalue weighted by atomic mass is 16.5. The van der Waals surface area contributed by atoms with E-state index in [0.717, 1.165) is 16.3 Å². The molecule has 4 rings (SSSR count). The van der Waals surface area contributed by atoms with Crippen molar-refractivity contribution in [1.82, 2.24) is 9.97 Å². The Morgan fingerprint density at radius 2 is 1.85 bits per heavy atom. The van der Waals surface area contributed by atoms with Crippen molar-refractivity contribution in [2.75, 3.05) is 25.7 Å². The first-order valence-corrected chi connectivity index (χ1v) is 10.3. The molecule has 34 heavy (non-hydrogen) atoms. The highest BCUT2D eigenvalue weighted by Crippen LogP contribution is 2.33. The number of nitrogens with zero attached hydrogens (tertiary/aromatic N) is 2. The second kappa shape index (κ2) is 9.38. The number of methoxy groups -OCH3 is 2. The van der Waals surface area contributed by atoms with Crippen LogP contribution in [-0.2, 0) is 6.42 Å². The van der Waals surface area contributed by atoms with Crippen molar-refractivity contribution in [3.05, 3.63) is 82.5 Å². The quantitative estimate of drug-likeness (QED) is 0.390. The maximum atomic E-state index is 11.9. The van der Waals surface area contributed by atoms with Gasteiger partial charge in [0.15, 0.2) is 11.5 Å². The number of carbonyl (C=O) groups is 1. The fraction of sp³-hybridized carbons (Fsp3) is 0.115. The van der Waals surface area contributed by atoms with Crippen molar-refractivity contribution in [2.24, 2.45) is 0 Å². The summed E-state index contributed by atoms with van der Waals surface area (Å²) < 4.78 is 11.1. The molecule has 4 aromatic rings. The van der Waals surface area contributed by atoms with Gasteiger partial charge in [-0.2, -0.15) is 4.98 Å². The van der Waals surface area contributed by atoms with Gasteiger partial charge in [-0.1, -0.05) is 42.2 Å². The number of hydrogen-bond donors (Lipinski definition) is 3. The molecule has 0 amide bonds. The molecule has 1 heterocycles. The van der Waals surface area contributed by atoms with Gasteiger partial charge in [-0.3, -0.25) is 0 Å². The van der Waals surface area contributed by atoms with Crippen molar-refractivity contribution >= 4 is 28.5 Å². The van der Waals surface area contributed by atoms with Crippen LogP contribution in [0.3, 0.4) is 0 Å². The number of nitrogen functional groups attached to an aromatic ring is 2. The van der Waals surface area contributed by atoms with Crippen LogP contribution in [0.5, 0.6) is 11.5 Å². The van der Waals surface area contributed by atoms with Gasteiger partial charge in [0.05, 0.1) is 25.3 Å². The van der Waals surface area contributed by atoms with Crippen LogP contribution >= 0.6 is 0 Å². The van der Waals surface area contributed by atoms with E-state index >= 15 is 0 Å². The number of aromatic nitrogens is 2. The lowest BCUT2D eigenvalue weighted by molar-refractivity contribution is 0.0697. The van der Waals surface area contributed by atoms with E-state index in [1.54, 1.807) is 18.3 Å². The zero-order valence-electron chi connectivity index (χ0n) is 18.6. The number of anilines is 2. The Morgan fingerprint density at radius 1 is 1.06 bits per heavy atom. The Bertz CT molecular complexity index is 1470. The van der Waals surface area contributed by atoms with Crippen molar-refractivity contribution in [3.8, 4) is 23.3 Å². The van der Waals surface area contributed by atoms with Gasteiger partial charge in [-0.05, 0) is 34.5 Å². The predicted molar refractivity (Wildman–Crippen MR) is 130 cm³/mol. The summed E-state index contributed by atoms with van der Waals surface area (Å²) >= 11 is 0. The van der Waals surface area contributed by atoms with Gasteiger partial charge in [0.25, 0.3) is 0 Å². The number of carboxylic acid groups (broad SMARTS) is 1. The number of carboxylic acids is 1. The smallest absolute Gasteiger partial charge is 0.336 e. The molecule has 8 nitrogen and oxygen atoms in total. The van der Waals surface area contributed by atoms with Gasteiger partial charge in [-0.15, -0.1) is 0 Å². The maximum Gasteiger partial charge on any atom is 0.336 e. The SMILES string of the molecule is COc1cc(Cc2cnc(N)nc2N)cc(C#Cc2c(C(=O)O)ccc3ccccc23)c1OC. The van der Waals surface area contributed by atoms with Gasteiger partial charge in [0.2, 0.25) is 5.95 Å². The van der Waals surface area contributed by atoms with Crippen LogP contribution < -0.4 is 20.9 Å². The third-order valence-corrected chi connectivity index (χ3v) is 5.33. The lowest BCUT2D eigenvalue weighted by atomic mass is 9.98. The summed E-state index contributed by atoms with van der Waals surface area (Å²) in [4.78, 5) is 19.9. The standard InChI is InChI=1S/C26H22N4O4/c1-33-22-13-15(12-18-14-29-26(28)30-24(18)27)11-17(23(22)34-2)8-9-20-19-6-4-3-5-16(19)7-10-21(20)25(31)32/h3-7,10-11,13-14H,12H2,1-2H3,(H,31,32)(H4,27,28,29,30). The minimum Gasteiger partial charge on any atom is -0.493 e. The van der Waals surface area contributed by atoms with E-state index in [0.29, 0.717) is 34.6 Å². The fourth-order valence-electron chi connectivity index (χ4n) is 3.72. The summed E-state index contributed by atoms with van der Waals surface area (Å²) in [5.74, 6) is 6.41. The Kier molecular flexibility index (Phi) is 6.19. The lowest BCUT2D eigenvalue weighted by Gasteiger charge is -2.13. The third kappa shape index (κ3) is 4.40. The van der Waals surface area contributed by atoms with Crippen LogP contribution in [0.4, 0.5) is 11.8 Å². The summed E-state index contributed by atoms with van der Waals surface area (Å²) in [7, 11) is 3.06. The maximum absolute atomic E-state index is 11.9. The molecule has 3 aromatic carbocycles. The van der Waals surface area contributed by atoms with Crippen molar-refractivity contribution in [2.45, 2.75) is 6.42 Å². The molecule has 0 radical (unpaired) electrons. The van der Waals surface area contributed by atoms with Crippen LogP contribution in [0.15, 0.2) is 54.7 Å². The zero-order valence-corrected chi connectivity index (χ0v) is 18.6. The number of aromatic carboxylic acids is 1. The summed E-state index contributed by atoms with van der Waals surface area (Å²) in [5.41, 5.74) is 14.2. The first kappa shape index (κ1) is 22.4. The Morgan fingerprint density at radius 3 is 2.56 bits per heavy atom. The molecule has 0 saturated heterocycles. The van der Waals surface area contributed by atoms with E-state index in [2.05, 4.69) is 21.8 Å². The van der Waals surface area contributed by atoms with E-state index in [1.807, 2.05) is 36.4 Å². The van der Waals surface area contributed by atoms with Gasteiger partial charge >= 0.3 is 5.97 Å². The topological polar surface area (TPSA) is 134 Å². The number of rotatable bonds is 5. The Hall–Kier alpha value is -4.77. The predicted octanol–water partition coefficient (Wildman–Crippen LogP) is 3.50. The number of fused-ring (bicyclic) bond motifs is 1. The van der Waals surface area contributed by atoms with Crippen LogP contribution in [-0.4, -0.2) is 35.3 Å². The van der Waals surface area contributed by atoms with Crippen LogP contribution in [0.25, 0.3) is 10.8 Å². The van der Waals surface area contributed by atoms with E-state index < -0.39 is 5.97 Å². The molecule has 8 heteroatoms. The number of hydrogen-bond acceptors (Lipinski definition) is 7. The second-order valence-electron chi connectivity index (χ2n) is 7.46. The summed E-state index contributed by atoms with van der Waals surface area (Å²) in [6.45, 7) is 0. The average molecular weight is 454 g/mol. The van der Waals surface area contributed by atoms with Crippen molar-refractivity contribution in [3.63, 3.8) is 0 Å². The van der Waals surface area contributed by atoms with E-state index in [-0.39, 0.29) is 17.3 Å². The highest BCUT2D eigenvalue weighted by Gasteiger charge is 2.15. The summed E-state index contributed by atoms with van der Waals surface area (Å²) in [6.07, 6.45) is 1.99. The summed E-state index contributed by atoms with van der Waals surface area (Å²) in [6, 6.07) is 14.5. The normalized spacial score (nSPS) is 10.4. The molecule has 0 aliphatic carbocycles. The number of ether oxygens (including phenoxy) is 2. The minimum absolute atomic E-state index is 0.101. The Labute approximate surface area is 196 Å². The first-order valence-electron chi connectivity index (χ1n) is 10.3. The molecule has 0 aliphatic heterocycles. The third-order valence-electron chi connectivity index (χ3n) is 5.33. The monoisotopic (exact) mass is 454 g/mol. The number of benzene rings is 3.